The minimum Gasteiger partial charge on any atom is -0.441 e. The molecule has 3 rings (SSSR count). The predicted octanol–water partition coefficient (Wildman–Crippen LogP) is 5.64. The van der Waals surface area contributed by atoms with Gasteiger partial charge in [0.1, 0.15) is 17.5 Å². The lowest BCUT2D eigenvalue weighted by molar-refractivity contribution is 0.121. The van der Waals surface area contributed by atoms with E-state index in [1.165, 1.54) is 0 Å². The lowest BCUT2D eigenvalue weighted by Crippen LogP contribution is -2.17. The molecule has 0 bridgehead atoms. The fraction of sp³-hybridized carbons (Fsp3) is 0.217. The van der Waals surface area contributed by atoms with Gasteiger partial charge < -0.3 is 9.26 Å². The normalized spacial score (nSPS) is 11.3. The van der Waals surface area contributed by atoms with Crippen LogP contribution in [-0.2, 0) is 4.74 Å². The van der Waals surface area contributed by atoms with Crippen LogP contribution in [0.4, 0.5) is 10.5 Å². The largest absolute Gasteiger partial charge is 0.441 e. The molecule has 0 fully saturated rings. The summed E-state index contributed by atoms with van der Waals surface area (Å²) in [7, 11) is 0. The first kappa shape index (κ1) is 19.2. The zero-order valence-corrected chi connectivity index (χ0v) is 16.4. The molecule has 0 aliphatic rings. The van der Waals surface area contributed by atoms with Gasteiger partial charge in [-0.3, -0.25) is 5.32 Å². The first-order chi connectivity index (χ1) is 13.5. The van der Waals surface area contributed by atoms with Gasteiger partial charge in [0.05, 0.1) is 0 Å². The van der Waals surface area contributed by atoms with Crippen LogP contribution in [0.2, 0.25) is 0 Å². The van der Waals surface area contributed by atoms with E-state index in [-0.39, 0.29) is 6.10 Å². The van der Waals surface area contributed by atoms with E-state index >= 15 is 0 Å². The Kier molecular flexibility index (Phi) is 5.81. The molecule has 1 amide bonds. The summed E-state index contributed by atoms with van der Waals surface area (Å²) in [6.45, 7) is 7.39. The maximum atomic E-state index is 12.5. The van der Waals surface area contributed by atoms with Gasteiger partial charge in [0.15, 0.2) is 5.76 Å². The maximum absolute atomic E-state index is 12.5. The van der Waals surface area contributed by atoms with E-state index in [0.717, 1.165) is 22.3 Å². The summed E-state index contributed by atoms with van der Waals surface area (Å²) in [6, 6.07) is 15.4. The number of hydrogen-bond donors (Lipinski definition) is 1. The van der Waals surface area contributed by atoms with Crippen molar-refractivity contribution in [3.63, 3.8) is 0 Å². The zero-order chi connectivity index (χ0) is 20.1. The molecule has 28 heavy (non-hydrogen) atoms. The van der Waals surface area contributed by atoms with Crippen LogP contribution in [0.1, 0.15) is 42.3 Å². The van der Waals surface area contributed by atoms with Gasteiger partial charge in [-0.25, -0.2) is 4.79 Å². The van der Waals surface area contributed by atoms with Crippen molar-refractivity contribution in [1.82, 2.24) is 5.16 Å². The van der Waals surface area contributed by atoms with Crippen LogP contribution >= 0.6 is 0 Å². The van der Waals surface area contributed by atoms with Crippen molar-refractivity contribution in [3.05, 3.63) is 70.9 Å². The highest BCUT2D eigenvalue weighted by atomic mass is 16.6. The van der Waals surface area contributed by atoms with E-state index in [4.69, 9.17) is 9.26 Å². The van der Waals surface area contributed by atoms with Gasteiger partial charge in [-0.05, 0) is 63.1 Å². The Balaban J connectivity index is 1.77. The van der Waals surface area contributed by atoms with Gasteiger partial charge in [0, 0.05) is 11.1 Å². The Morgan fingerprint density at radius 2 is 1.86 bits per heavy atom. The van der Waals surface area contributed by atoms with E-state index in [1.807, 2.05) is 62.4 Å². The van der Waals surface area contributed by atoms with Crippen LogP contribution in [-0.4, -0.2) is 11.2 Å². The molecule has 1 N–H and O–H groups in total. The van der Waals surface area contributed by atoms with Gasteiger partial charge in [0.2, 0.25) is 0 Å². The number of nitrogens with zero attached hydrogens (tertiary/aromatic N) is 1. The number of aromatic nitrogens is 1. The van der Waals surface area contributed by atoms with Crippen LogP contribution in [0.25, 0.3) is 11.3 Å². The number of carbonyl (C=O) groups excluding carboxylic acids is 1. The number of ether oxygens (including phenoxy) is 1. The second-order valence-electron chi connectivity index (χ2n) is 6.45. The van der Waals surface area contributed by atoms with Crippen molar-refractivity contribution in [2.24, 2.45) is 0 Å². The number of aryl methyl sites for hydroxylation is 2. The van der Waals surface area contributed by atoms with Gasteiger partial charge in [0.25, 0.3) is 0 Å². The summed E-state index contributed by atoms with van der Waals surface area (Å²) >= 11 is 0. The lowest BCUT2D eigenvalue weighted by atomic mass is 10.1. The second kappa shape index (κ2) is 8.45. The number of carbonyl (C=O) groups is 1. The third-order valence-corrected chi connectivity index (χ3v) is 4.42. The van der Waals surface area contributed by atoms with Crippen molar-refractivity contribution in [2.75, 3.05) is 5.32 Å². The third-order valence-electron chi connectivity index (χ3n) is 4.42. The molecule has 0 saturated heterocycles. The van der Waals surface area contributed by atoms with Gasteiger partial charge in [-0.1, -0.05) is 35.3 Å². The number of benzene rings is 2. The van der Waals surface area contributed by atoms with Crippen molar-refractivity contribution >= 4 is 11.8 Å². The van der Waals surface area contributed by atoms with Crippen molar-refractivity contribution < 1.29 is 14.1 Å². The first-order valence-corrected chi connectivity index (χ1v) is 9.02. The molecule has 0 radical (unpaired) electrons. The fourth-order valence-electron chi connectivity index (χ4n) is 2.96. The molecule has 5 heteroatoms. The summed E-state index contributed by atoms with van der Waals surface area (Å²) in [5.41, 5.74) is 4.81. The number of nitrogens with one attached hydrogen (secondary N) is 1. The average Bonchev–Trinajstić information content (AvgIpc) is 3.03. The second-order valence-corrected chi connectivity index (χ2v) is 6.45. The monoisotopic (exact) mass is 374 g/mol. The third kappa shape index (κ3) is 4.24. The van der Waals surface area contributed by atoms with Gasteiger partial charge in [-0.15, -0.1) is 5.92 Å². The van der Waals surface area contributed by atoms with E-state index < -0.39 is 6.09 Å². The predicted molar refractivity (Wildman–Crippen MR) is 109 cm³/mol. The summed E-state index contributed by atoms with van der Waals surface area (Å²) in [5, 5.41) is 6.75. The minimum absolute atomic E-state index is 0.378. The van der Waals surface area contributed by atoms with Crippen LogP contribution < -0.4 is 5.32 Å². The van der Waals surface area contributed by atoms with E-state index in [0.29, 0.717) is 17.1 Å². The standard InChI is InChI=1S/C23H22N2O3/c1-5-8-18-11-13-19(14-12-18)22-21(16(3)25-28-22)24-23(26)27-17(4)20-10-7-6-9-15(20)2/h6-7,9-14,17H,1-4H3,(H,24,26). The van der Waals surface area contributed by atoms with Crippen LogP contribution in [0.15, 0.2) is 53.1 Å². The van der Waals surface area contributed by atoms with Crippen LogP contribution in [0, 0.1) is 25.7 Å². The molecule has 142 valence electrons. The molecule has 0 aliphatic heterocycles. The molecule has 2 aromatic carbocycles. The van der Waals surface area contributed by atoms with E-state index in [2.05, 4.69) is 22.3 Å². The smallest absolute Gasteiger partial charge is 0.412 e. The molecule has 0 aliphatic carbocycles. The molecule has 1 aromatic heterocycles. The highest BCUT2D eigenvalue weighted by Crippen LogP contribution is 2.31. The molecular weight excluding hydrogens is 352 g/mol. The number of rotatable bonds is 4. The highest BCUT2D eigenvalue weighted by Gasteiger charge is 2.20. The van der Waals surface area contributed by atoms with E-state index in [1.54, 1.807) is 13.8 Å². The van der Waals surface area contributed by atoms with E-state index in [9.17, 15) is 4.79 Å². The molecule has 1 atom stereocenters. The summed E-state index contributed by atoms with van der Waals surface area (Å²) < 4.78 is 11.0. The molecule has 0 spiro atoms. The Bertz CT molecular complexity index is 1040. The number of amides is 1. The fourth-order valence-corrected chi connectivity index (χ4v) is 2.96. The molecule has 5 nitrogen and oxygen atoms in total. The van der Waals surface area contributed by atoms with Crippen molar-refractivity contribution in [3.8, 4) is 23.2 Å². The van der Waals surface area contributed by atoms with Crippen molar-refractivity contribution in [2.45, 2.75) is 33.8 Å². The Morgan fingerprint density at radius 1 is 1.14 bits per heavy atom. The molecule has 3 aromatic rings. The Morgan fingerprint density at radius 3 is 2.54 bits per heavy atom. The topological polar surface area (TPSA) is 64.4 Å². The van der Waals surface area contributed by atoms with Gasteiger partial charge in [-0.2, -0.15) is 0 Å². The molecule has 1 unspecified atom stereocenters. The van der Waals surface area contributed by atoms with Crippen LogP contribution in [0.5, 0.6) is 0 Å². The minimum atomic E-state index is -0.559. The average molecular weight is 374 g/mol. The summed E-state index contributed by atoms with van der Waals surface area (Å²) in [4.78, 5) is 12.5. The molecular formula is C23H22N2O3. The number of hydrogen-bond acceptors (Lipinski definition) is 4. The summed E-state index contributed by atoms with van der Waals surface area (Å²) in [6.07, 6.45) is -0.937. The lowest BCUT2D eigenvalue weighted by Gasteiger charge is -2.16. The first-order valence-electron chi connectivity index (χ1n) is 9.02. The zero-order valence-electron chi connectivity index (χ0n) is 16.4. The SMILES string of the molecule is CC#Cc1ccc(-c2onc(C)c2NC(=O)OC(C)c2ccccc2C)cc1. The highest BCUT2D eigenvalue weighted by molar-refractivity contribution is 5.90. The quantitative estimate of drug-likeness (QED) is 0.600. The maximum Gasteiger partial charge on any atom is 0.412 e. The molecule has 1 heterocycles. The Labute approximate surface area is 164 Å². The van der Waals surface area contributed by atoms with Crippen molar-refractivity contribution in [1.29, 1.82) is 0 Å². The Hall–Kier alpha value is -3.52. The number of anilines is 1. The van der Waals surface area contributed by atoms with Gasteiger partial charge >= 0.3 is 6.09 Å². The van der Waals surface area contributed by atoms with Crippen LogP contribution in [0.3, 0.4) is 0 Å². The molecule has 0 saturated carbocycles. The summed E-state index contributed by atoms with van der Waals surface area (Å²) in [5.74, 6) is 6.34.